The molecule has 3 rings (SSSR count). The second-order valence-electron chi connectivity index (χ2n) is 7.00. The second-order valence-corrected chi connectivity index (χ2v) is 8.11. The van der Waals surface area contributed by atoms with E-state index in [-0.39, 0.29) is 12.3 Å². The summed E-state index contributed by atoms with van der Waals surface area (Å²) in [7, 11) is 0. The molecule has 0 spiro atoms. The summed E-state index contributed by atoms with van der Waals surface area (Å²) in [5, 5.41) is 5.73. The molecule has 0 fully saturated rings. The van der Waals surface area contributed by atoms with Gasteiger partial charge in [-0.15, -0.1) is 11.3 Å². The molecule has 1 aromatic heterocycles. The molecule has 0 saturated carbocycles. The van der Waals surface area contributed by atoms with Crippen LogP contribution in [0.1, 0.15) is 52.2 Å². The lowest BCUT2D eigenvalue weighted by Crippen LogP contribution is -2.29. The summed E-state index contributed by atoms with van der Waals surface area (Å²) in [5.41, 5.74) is 7.49. The van der Waals surface area contributed by atoms with Crippen LogP contribution >= 0.6 is 11.3 Å². The summed E-state index contributed by atoms with van der Waals surface area (Å²) >= 11 is 1.33. The van der Waals surface area contributed by atoms with Gasteiger partial charge in [0.25, 0.3) is 11.8 Å². The van der Waals surface area contributed by atoms with Crippen LogP contribution in [0.25, 0.3) is 0 Å². The normalized spacial score (nSPS) is 13.2. The molecule has 0 bridgehead atoms. The van der Waals surface area contributed by atoms with Crippen LogP contribution in [0.3, 0.4) is 0 Å². The number of fused-ring (bicyclic) bond motifs is 1. The van der Waals surface area contributed by atoms with Crippen molar-refractivity contribution in [3.8, 4) is 0 Å². The standard InChI is InChI=1S/C21H23N3O5S/c1-12(25)23-15(13-6-3-2-4-7-13)10-18(27)29-11-17(26)24-21-19(20(22)28)14-8-5-9-16(14)30-21/h2-4,6-7,15H,5,8-11H2,1H3,(H2,22,28)(H,23,25)(H,24,26). The molecule has 0 aliphatic heterocycles. The van der Waals surface area contributed by atoms with Crippen molar-refractivity contribution in [1.82, 2.24) is 5.32 Å². The molecule has 8 nitrogen and oxygen atoms in total. The monoisotopic (exact) mass is 429 g/mol. The Hall–Kier alpha value is -3.20. The van der Waals surface area contributed by atoms with Crippen molar-refractivity contribution in [1.29, 1.82) is 0 Å². The highest BCUT2D eigenvalue weighted by atomic mass is 32.1. The van der Waals surface area contributed by atoms with Crippen LogP contribution in [0.2, 0.25) is 0 Å². The minimum Gasteiger partial charge on any atom is -0.455 e. The number of hydrogen-bond acceptors (Lipinski definition) is 6. The maximum atomic E-state index is 12.2. The van der Waals surface area contributed by atoms with Gasteiger partial charge < -0.3 is 21.1 Å². The molecule has 0 radical (unpaired) electrons. The Bertz CT molecular complexity index is 971. The smallest absolute Gasteiger partial charge is 0.308 e. The highest BCUT2D eigenvalue weighted by molar-refractivity contribution is 7.17. The predicted octanol–water partition coefficient (Wildman–Crippen LogP) is 2.08. The Morgan fingerprint density at radius 1 is 1.17 bits per heavy atom. The quantitative estimate of drug-likeness (QED) is 0.554. The van der Waals surface area contributed by atoms with Crippen LogP contribution in [0.15, 0.2) is 30.3 Å². The Morgan fingerprint density at radius 3 is 2.57 bits per heavy atom. The fraction of sp³-hybridized carbons (Fsp3) is 0.333. The first-order valence-electron chi connectivity index (χ1n) is 9.57. The van der Waals surface area contributed by atoms with Crippen LogP contribution in [0, 0.1) is 0 Å². The molecule has 1 heterocycles. The molecule has 0 saturated heterocycles. The molecule has 2 aromatic rings. The van der Waals surface area contributed by atoms with Gasteiger partial charge in [-0.2, -0.15) is 0 Å². The van der Waals surface area contributed by atoms with Gasteiger partial charge in [0, 0.05) is 11.8 Å². The number of carbonyl (C=O) groups is 4. The van der Waals surface area contributed by atoms with Crippen molar-refractivity contribution in [3.05, 3.63) is 51.9 Å². The molecule has 30 heavy (non-hydrogen) atoms. The number of benzene rings is 1. The van der Waals surface area contributed by atoms with E-state index in [0.717, 1.165) is 35.3 Å². The van der Waals surface area contributed by atoms with Gasteiger partial charge in [-0.25, -0.2) is 0 Å². The van der Waals surface area contributed by atoms with Gasteiger partial charge in [0.1, 0.15) is 5.00 Å². The van der Waals surface area contributed by atoms with Gasteiger partial charge in [-0.05, 0) is 30.4 Å². The van der Waals surface area contributed by atoms with E-state index < -0.39 is 30.4 Å². The Labute approximate surface area is 177 Å². The number of aryl methyl sites for hydroxylation is 1. The molecule has 1 unspecified atom stereocenters. The minimum atomic E-state index is -0.628. The number of anilines is 1. The lowest BCUT2D eigenvalue weighted by Gasteiger charge is -2.17. The zero-order valence-corrected chi connectivity index (χ0v) is 17.3. The van der Waals surface area contributed by atoms with Crippen molar-refractivity contribution >= 4 is 40.0 Å². The minimum absolute atomic E-state index is 0.114. The number of ether oxygens (including phenoxy) is 1. The molecular weight excluding hydrogens is 406 g/mol. The van der Waals surface area contributed by atoms with Crippen LogP contribution < -0.4 is 16.4 Å². The van der Waals surface area contributed by atoms with Crippen molar-refractivity contribution < 1.29 is 23.9 Å². The maximum absolute atomic E-state index is 12.2. The first-order chi connectivity index (χ1) is 14.3. The number of amides is 3. The van der Waals surface area contributed by atoms with Gasteiger partial charge in [0.2, 0.25) is 5.91 Å². The van der Waals surface area contributed by atoms with E-state index >= 15 is 0 Å². The van der Waals surface area contributed by atoms with Crippen molar-refractivity contribution in [2.45, 2.75) is 38.6 Å². The summed E-state index contributed by atoms with van der Waals surface area (Å²) in [6.45, 7) is 0.866. The molecule has 4 N–H and O–H groups in total. The van der Waals surface area contributed by atoms with Crippen molar-refractivity contribution in [3.63, 3.8) is 0 Å². The first-order valence-corrected chi connectivity index (χ1v) is 10.4. The molecular formula is C21H23N3O5S. The SMILES string of the molecule is CC(=O)NC(CC(=O)OCC(=O)Nc1sc2c(c1C(N)=O)CCC2)c1ccccc1. The number of primary amides is 1. The van der Waals surface area contributed by atoms with Gasteiger partial charge in [-0.1, -0.05) is 30.3 Å². The largest absolute Gasteiger partial charge is 0.455 e. The van der Waals surface area contributed by atoms with Gasteiger partial charge >= 0.3 is 5.97 Å². The number of hydrogen-bond donors (Lipinski definition) is 3. The second kappa shape index (κ2) is 9.53. The van der Waals surface area contributed by atoms with Crippen molar-refractivity contribution in [2.24, 2.45) is 5.73 Å². The topological polar surface area (TPSA) is 128 Å². The lowest BCUT2D eigenvalue weighted by molar-refractivity contribution is -0.148. The average Bonchev–Trinajstić information content (AvgIpc) is 3.26. The Kier molecular flexibility index (Phi) is 6.83. The van der Waals surface area contributed by atoms with E-state index in [4.69, 9.17) is 10.5 Å². The molecule has 3 amide bonds. The number of thiophene rings is 1. The molecule has 1 aliphatic carbocycles. The molecule has 1 aliphatic rings. The van der Waals surface area contributed by atoms with E-state index in [9.17, 15) is 19.2 Å². The van der Waals surface area contributed by atoms with Crippen LogP contribution in [-0.2, 0) is 32.0 Å². The van der Waals surface area contributed by atoms with E-state index in [1.807, 2.05) is 6.07 Å². The number of nitrogens with two attached hydrogens (primary N) is 1. The summed E-state index contributed by atoms with van der Waals surface area (Å²) in [6, 6.07) is 8.47. The number of esters is 1. The summed E-state index contributed by atoms with van der Waals surface area (Å²) in [6.07, 6.45) is 2.47. The van der Waals surface area contributed by atoms with Crippen LogP contribution in [-0.4, -0.2) is 30.3 Å². The highest BCUT2D eigenvalue weighted by Crippen LogP contribution is 2.38. The van der Waals surface area contributed by atoms with E-state index in [1.54, 1.807) is 24.3 Å². The van der Waals surface area contributed by atoms with Crippen LogP contribution in [0.5, 0.6) is 0 Å². The van der Waals surface area contributed by atoms with Gasteiger partial charge in [-0.3, -0.25) is 19.2 Å². The fourth-order valence-electron chi connectivity index (χ4n) is 3.47. The third-order valence-corrected chi connectivity index (χ3v) is 5.94. The zero-order valence-electron chi connectivity index (χ0n) is 16.5. The van der Waals surface area contributed by atoms with E-state index in [0.29, 0.717) is 10.6 Å². The highest BCUT2D eigenvalue weighted by Gasteiger charge is 2.26. The number of carbonyl (C=O) groups excluding carboxylic acids is 4. The first kappa shape index (κ1) is 21.5. The molecule has 158 valence electrons. The third kappa shape index (κ3) is 5.24. The zero-order chi connectivity index (χ0) is 21.7. The number of rotatable bonds is 8. The molecule has 9 heteroatoms. The predicted molar refractivity (Wildman–Crippen MR) is 112 cm³/mol. The van der Waals surface area contributed by atoms with E-state index in [2.05, 4.69) is 10.6 Å². The van der Waals surface area contributed by atoms with Gasteiger partial charge in [0.05, 0.1) is 18.0 Å². The Morgan fingerprint density at radius 2 is 1.90 bits per heavy atom. The maximum Gasteiger partial charge on any atom is 0.308 e. The lowest BCUT2D eigenvalue weighted by atomic mass is 10.0. The van der Waals surface area contributed by atoms with Crippen LogP contribution in [0.4, 0.5) is 5.00 Å². The summed E-state index contributed by atoms with van der Waals surface area (Å²) < 4.78 is 5.07. The Balaban J connectivity index is 1.57. The molecule has 1 aromatic carbocycles. The summed E-state index contributed by atoms with van der Waals surface area (Å²) in [5.74, 6) is -2.04. The molecule has 1 atom stereocenters. The van der Waals surface area contributed by atoms with E-state index in [1.165, 1.54) is 18.3 Å². The fourth-order valence-corrected chi connectivity index (χ4v) is 4.78. The summed E-state index contributed by atoms with van der Waals surface area (Å²) in [4.78, 5) is 48.8. The third-order valence-electron chi connectivity index (χ3n) is 4.74. The average molecular weight is 429 g/mol. The van der Waals surface area contributed by atoms with Crippen molar-refractivity contribution in [2.75, 3.05) is 11.9 Å². The van der Waals surface area contributed by atoms with Gasteiger partial charge in [0.15, 0.2) is 6.61 Å². The number of nitrogens with one attached hydrogen (secondary N) is 2.